The van der Waals surface area contributed by atoms with Crippen LogP contribution >= 0.6 is 0 Å². The monoisotopic (exact) mass is 186 g/mol. The van der Waals surface area contributed by atoms with Gasteiger partial charge in [-0.15, -0.1) is 0 Å². The van der Waals surface area contributed by atoms with E-state index in [-0.39, 0.29) is 5.96 Å². The molecule has 0 amide bonds. The summed E-state index contributed by atoms with van der Waals surface area (Å²) in [7, 11) is 0. The summed E-state index contributed by atoms with van der Waals surface area (Å²) >= 11 is 0. The Hall–Kier alpha value is -2.10. The number of guanidine groups is 1. The number of pyridine rings is 1. The lowest BCUT2D eigenvalue weighted by Crippen LogP contribution is -2.21. The Morgan fingerprint density at radius 2 is 2.00 bits per heavy atom. The van der Waals surface area contributed by atoms with Crippen molar-refractivity contribution in [1.29, 1.82) is 0 Å². The van der Waals surface area contributed by atoms with Crippen molar-refractivity contribution in [3.8, 4) is 0 Å². The molecule has 0 radical (unpaired) electrons. The second kappa shape index (κ2) is 3.33. The van der Waals surface area contributed by atoms with E-state index < -0.39 is 0 Å². The predicted octanol–water partition coefficient (Wildman–Crippen LogP) is 1.14. The molecule has 0 atom stereocenters. The average molecular weight is 186 g/mol. The number of benzene rings is 1. The zero-order chi connectivity index (χ0) is 9.97. The van der Waals surface area contributed by atoms with Gasteiger partial charge in [0, 0.05) is 17.8 Å². The van der Waals surface area contributed by atoms with Gasteiger partial charge < -0.3 is 11.5 Å². The minimum atomic E-state index is 0.0632. The van der Waals surface area contributed by atoms with Crippen molar-refractivity contribution in [2.24, 2.45) is 16.5 Å². The van der Waals surface area contributed by atoms with E-state index in [0.29, 0.717) is 0 Å². The van der Waals surface area contributed by atoms with E-state index >= 15 is 0 Å². The molecule has 2 rings (SSSR count). The Balaban J connectivity index is 2.57. The molecule has 1 aromatic heterocycles. The summed E-state index contributed by atoms with van der Waals surface area (Å²) in [5.41, 5.74) is 11.3. The maximum Gasteiger partial charge on any atom is 0.191 e. The summed E-state index contributed by atoms with van der Waals surface area (Å²) in [4.78, 5) is 7.98. The van der Waals surface area contributed by atoms with E-state index in [9.17, 15) is 0 Å². The summed E-state index contributed by atoms with van der Waals surface area (Å²) < 4.78 is 0. The number of hydrogen-bond acceptors (Lipinski definition) is 2. The van der Waals surface area contributed by atoms with E-state index in [0.717, 1.165) is 16.5 Å². The zero-order valence-electron chi connectivity index (χ0n) is 7.51. The summed E-state index contributed by atoms with van der Waals surface area (Å²) in [6.07, 6.45) is 3.53. The van der Waals surface area contributed by atoms with Crippen LogP contribution in [-0.2, 0) is 0 Å². The molecular weight excluding hydrogens is 176 g/mol. The van der Waals surface area contributed by atoms with Crippen LogP contribution in [-0.4, -0.2) is 10.9 Å². The van der Waals surface area contributed by atoms with E-state index in [1.54, 1.807) is 12.4 Å². The molecule has 0 spiro atoms. The van der Waals surface area contributed by atoms with E-state index in [1.807, 2.05) is 24.3 Å². The molecule has 0 saturated carbocycles. The molecule has 0 aliphatic carbocycles. The lowest BCUT2D eigenvalue weighted by Gasteiger charge is -1.98. The normalized spacial score (nSPS) is 10.0. The van der Waals surface area contributed by atoms with Crippen LogP contribution in [0.2, 0.25) is 0 Å². The van der Waals surface area contributed by atoms with E-state index in [2.05, 4.69) is 9.98 Å². The van der Waals surface area contributed by atoms with Gasteiger partial charge in [-0.3, -0.25) is 4.98 Å². The van der Waals surface area contributed by atoms with Gasteiger partial charge in [0.1, 0.15) is 0 Å². The third-order valence-corrected chi connectivity index (χ3v) is 1.88. The third-order valence-electron chi connectivity index (χ3n) is 1.88. The number of nitrogens with two attached hydrogens (primary N) is 2. The topological polar surface area (TPSA) is 77.3 Å². The van der Waals surface area contributed by atoms with Crippen LogP contribution in [0.4, 0.5) is 5.69 Å². The molecule has 0 aliphatic rings. The molecule has 14 heavy (non-hydrogen) atoms. The van der Waals surface area contributed by atoms with Crippen molar-refractivity contribution in [3.63, 3.8) is 0 Å². The summed E-state index contributed by atoms with van der Waals surface area (Å²) in [6, 6.07) is 7.65. The number of aliphatic imine (C=N–C) groups is 1. The van der Waals surface area contributed by atoms with Gasteiger partial charge in [0.2, 0.25) is 0 Å². The Morgan fingerprint density at radius 1 is 1.14 bits per heavy atom. The molecule has 4 N–H and O–H groups in total. The van der Waals surface area contributed by atoms with Crippen molar-refractivity contribution in [2.75, 3.05) is 0 Å². The van der Waals surface area contributed by atoms with E-state index in [1.165, 1.54) is 0 Å². The number of fused-ring (bicyclic) bond motifs is 1. The second-order valence-electron chi connectivity index (χ2n) is 2.94. The number of rotatable bonds is 1. The van der Waals surface area contributed by atoms with Gasteiger partial charge >= 0.3 is 0 Å². The SMILES string of the molecule is NC(N)=Nc1ccc2ccncc2c1. The van der Waals surface area contributed by atoms with Crippen LogP contribution in [0.25, 0.3) is 10.8 Å². The molecule has 0 saturated heterocycles. The fourth-order valence-corrected chi connectivity index (χ4v) is 1.29. The molecule has 1 heterocycles. The van der Waals surface area contributed by atoms with Gasteiger partial charge in [0.25, 0.3) is 0 Å². The first-order valence-electron chi connectivity index (χ1n) is 4.19. The second-order valence-corrected chi connectivity index (χ2v) is 2.94. The highest BCUT2D eigenvalue weighted by Gasteiger charge is 1.94. The molecule has 4 heteroatoms. The average Bonchev–Trinajstić information content (AvgIpc) is 2.17. The smallest absolute Gasteiger partial charge is 0.191 e. The summed E-state index contributed by atoms with van der Waals surface area (Å²) in [5.74, 6) is 0.0632. The molecule has 2 aromatic rings. The van der Waals surface area contributed by atoms with Crippen LogP contribution < -0.4 is 11.5 Å². The Kier molecular flexibility index (Phi) is 2.02. The van der Waals surface area contributed by atoms with Crippen molar-refractivity contribution in [3.05, 3.63) is 36.7 Å². The molecule has 0 aliphatic heterocycles. The summed E-state index contributed by atoms with van der Waals surface area (Å²) in [6.45, 7) is 0. The standard InChI is InChI=1S/C10H10N4/c11-10(12)14-9-2-1-7-3-4-13-6-8(7)5-9/h1-6H,(H4,11,12,14). The lowest BCUT2D eigenvalue weighted by atomic mass is 10.1. The van der Waals surface area contributed by atoms with E-state index in [4.69, 9.17) is 11.5 Å². The molecular formula is C10H10N4. The number of nitrogens with zero attached hydrogens (tertiary/aromatic N) is 2. The molecule has 0 unspecified atom stereocenters. The maximum atomic E-state index is 5.28. The minimum absolute atomic E-state index is 0.0632. The van der Waals surface area contributed by atoms with Crippen LogP contribution in [0.15, 0.2) is 41.7 Å². The number of hydrogen-bond donors (Lipinski definition) is 2. The first kappa shape index (κ1) is 8.50. The first-order chi connectivity index (χ1) is 6.75. The van der Waals surface area contributed by atoms with Crippen LogP contribution in [0.1, 0.15) is 0 Å². The Labute approximate surface area is 81.3 Å². The zero-order valence-corrected chi connectivity index (χ0v) is 7.51. The Bertz CT molecular complexity index is 486. The van der Waals surface area contributed by atoms with Gasteiger partial charge in [0.15, 0.2) is 5.96 Å². The fourth-order valence-electron chi connectivity index (χ4n) is 1.29. The molecule has 0 fully saturated rings. The Morgan fingerprint density at radius 3 is 2.79 bits per heavy atom. The quantitative estimate of drug-likeness (QED) is 0.518. The molecule has 1 aromatic carbocycles. The molecule has 0 bridgehead atoms. The van der Waals surface area contributed by atoms with Gasteiger partial charge in [-0.05, 0) is 23.6 Å². The highest BCUT2D eigenvalue weighted by atomic mass is 15.0. The van der Waals surface area contributed by atoms with Crippen LogP contribution in [0, 0.1) is 0 Å². The van der Waals surface area contributed by atoms with Gasteiger partial charge in [-0.25, -0.2) is 4.99 Å². The van der Waals surface area contributed by atoms with Crippen molar-refractivity contribution in [2.45, 2.75) is 0 Å². The first-order valence-corrected chi connectivity index (χ1v) is 4.19. The highest BCUT2D eigenvalue weighted by molar-refractivity contribution is 5.86. The predicted molar refractivity (Wildman–Crippen MR) is 57.2 cm³/mol. The highest BCUT2D eigenvalue weighted by Crippen LogP contribution is 2.19. The summed E-state index contributed by atoms with van der Waals surface area (Å²) in [5, 5.41) is 2.14. The van der Waals surface area contributed by atoms with Crippen molar-refractivity contribution >= 4 is 22.4 Å². The number of aromatic nitrogens is 1. The largest absolute Gasteiger partial charge is 0.370 e. The van der Waals surface area contributed by atoms with Crippen LogP contribution in [0.5, 0.6) is 0 Å². The molecule has 4 nitrogen and oxygen atoms in total. The lowest BCUT2D eigenvalue weighted by molar-refractivity contribution is 1.36. The maximum absolute atomic E-state index is 5.28. The van der Waals surface area contributed by atoms with Crippen molar-refractivity contribution in [1.82, 2.24) is 4.98 Å². The fraction of sp³-hybridized carbons (Fsp3) is 0. The van der Waals surface area contributed by atoms with Gasteiger partial charge in [-0.1, -0.05) is 6.07 Å². The minimum Gasteiger partial charge on any atom is -0.370 e. The van der Waals surface area contributed by atoms with Gasteiger partial charge in [0.05, 0.1) is 5.69 Å². The van der Waals surface area contributed by atoms with Crippen LogP contribution in [0.3, 0.4) is 0 Å². The molecule has 70 valence electrons. The third kappa shape index (κ3) is 1.64. The van der Waals surface area contributed by atoms with Crippen molar-refractivity contribution < 1.29 is 0 Å². The van der Waals surface area contributed by atoms with Gasteiger partial charge in [-0.2, -0.15) is 0 Å².